The minimum atomic E-state index is -0.867. The molecule has 222 valence electrons. The van der Waals surface area contributed by atoms with E-state index in [-0.39, 0.29) is 12.4 Å². The predicted molar refractivity (Wildman–Crippen MR) is 155 cm³/mol. The first-order valence-corrected chi connectivity index (χ1v) is 13.5. The molecule has 5 rings (SSSR count). The molecule has 0 spiro atoms. The summed E-state index contributed by atoms with van der Waals surface area (Å²) < 4.78 is 37.0. The first kappa shape index (κ1) is 29.2. The van der Waals surface area contributed by atoms with Crippen molar-refractivity contribution in [2.24, 2.45) is 0 Å². The SMILES string of the molecule is COC(=O)Oc1ccc(C2COc3cc(OC(=O)OC)ccc3C2OC(=O)[C@@H](C)c2ccc3cc(OC)ccc3c2)cc1. The lowest BCUT2D eigenvalue weighted by molar-refractivity contribution is -0.153. The summed E-state index contributed by atoms with van der Waals surface area (Å²) in [5.74, 6) is 0.295. The van der Waals surface area contributed by atoms with Crippen molar-refractivity contribution in [1.82, 2.24) is 0 Å². The first-order valence-electron chi connectivity index (χ1n) is 13.5. The second-order valence-electron chi connectivity index (χ2n) is 9.85. The van der Waals surface area contributed by atoms with Crippen LogP contribution in [0.3, 0.4) is 0 Å². The maximum Gasteiger partial charge on any atom is 0.513 e. The number of benzene rings is 4. The Bertz CT molecular complexity index is 1650. The maximum absolute atomic E-state index is 13.7. The quantitative estimate of drug-likeness (QED) is 0.132. The fourth-order valence-corrected chi connectivity index (χ4v) is 4.90. The molecule has 1 aliphatic rings. The van der Waals surface area contributed by atoms with Gasteiger partial charge in [-0.3, -0.25) is 4.79 Å². The van der Waals surface area contributed by atoms with Gasteiger partial charge in [-0.1, -0.05) is 36.4 Å². The molecule has 0 radical (unpaired) electrons. The molecule has 4 aromatic rings. The van der Waals surface area contributed by atoms with E-state index < -0.39 is 36.2 Å². The van der Waals surface area contributed by atoms with Crippen molar-refractivity contribution in [3.63, 3.8) is 0 Å². The molecule has 10 heteroatoms. The molecule has 0 saturated carbocycles. The molecule has 0 bridgehead atoms. The number of carbonyl (C=O) groups is 3. The molecule has 4 aromatic carbocycles. The number of esters is 1. The number of fused-ring (bicyclic) bond motifs is 2. The predicted octanol–water partition coefficient (Wildman–Crippen LogP) is 6.70. The fraction of sp³-hybridized carbons (Fsp3) is 0.242. The van der Waals surface area contributed by atoms with Gasteiger partial charge in [0.25, 0.3) is 0 Å². The van der Waals surface area contributed by atoms with E-state index in [1.807, 2.05) is 36.4 Å². The summed E-state index contributed by atoms with van der Waals surface area (Å²) in [6.45, 7) is 1.96. The summed E-state index contributed by atoms with van der Waals surface area (Å²) >= 11 is 0. The van der Waals surface area contributed by atoms with E-state index in [2.05, 4.69) is 9.47 Å². The topological polar surface area (TPSA) is 116 Å². The van der Waals surface area contributed by atoms with Gasteiger partial charge in [-0.15, -0.1) is 0 Å². The molecule has 2 unspecified atom stereocenters. The highest BCUT2D eigenvalue weighted by atomic mass is 16.7. The Kier molecular flexibility index (Phi) is 8.66. The van der Waals surface area contributed by atoms with Gasteiger partial charge < -0.3 is 33.2 Å². The molecular formula is C33H30O10. The van der Waals surface area contributed by atoms with Crippen molar-refractivity contribution in [2.75, 3.05) is 27.9 Å². The zero-order valence-electron chi connectivity index (χ0n) is 24.0. The molecule has 1 aliphatic heterocycles. The summed E-state index contributed by atoms with van der Waals surface area (Å²) in [4.78, 5) is 36.8. The van der Waals surface area contributed by atoms with Crippen LogP contribution in [-0.2, 0) is 19.0 Å². The number of carbonyl (C=O) groups excluding carboxylic acids is 3. The summed E-state index contributed by atoms with van der Waals surface area (Å²) in [5, 5.41) is 1.96. The molecule has 10 nitrogen and oxygen atoms in total. The number of ether oxygens (including phenoxy) is 7. The minimum absolute atomic E-state index is 0.163. The highest BCUT2D eigenvalue weighted by molar-refractivity contribution is 5.87. The molecule has 0 saturated heterocycles. The summed E-state index contributed by atoms with van der Waals surface area (Å²) in [6, 6.07) is 23.2. The number of rotatable bonds is 7. The van der Waals surface area contributed by atoms with E-state index >= 15 is 0 Å². The van der Waals surface area contributed by atoms with Crippen LogP contribution in [0, 0.1) is 0 Å². The smallest absolute Gasteiger partial charge is 0.497 e. The number of hydrogen-bond acceptors (Lipinski definition) is 10. The molecule has 0 fully saturated rings. The van der Waals surface area contributed by atoms with Crippen LogP contribution in [0.5, 0.6) is 23.0 Å². The average molecular weight is 587 g/mol. The molecule has 0 aromatic heterocycles. The Labute approximate surface area is 248 Å². The third kappa shape index (κ3) is 6.48. The largest absolute Gasteiger partial charge is 0.513 e. The van der Waals surface area contributed by atoms with Crippen LogP contribution in [0.1, 0.15) is 41.6 Å². The van der Waals surface area contributed by atoms with Crippen LogP contribution >= 0.6 is 0 Å². The lowest BCUT2D eigenvalue weighted by Gasteiger charge is -2.34. The van der Waals surface area contributed by atoms with E-state index in [9.17, 15) is 14.4 Å². The van der Waals surface area contributed by atoms with Crippen LogP contribution in [0.25, 0.3) is 10.8 Å². The molecular weight excluding hydrogens is 556 g/mol. The molecule has 3 atom stereocenters. The molecule has 0 aliphatic carbocycles. The van der Waals surface area contributed by atoms with E-state index in [1.165, 1.54) is 14.2 Å². The molecule has 0 amide bonds. The van der Waals surface area contributed by atoms with Crippen LogP contribution in [0.2, 0.25) is 0 Å². The van der Waals surface area contributed by atoms with Crippen LogP contribution < -0.4 is 18.9 Å². The fourth-order valence-electron chi connectivity index (χ4n) is 4.90. The highest BCUT2D eigenvalue weighted by Crippen LogP contribution is 2.45. The Morgan fingerprint density at radius 1 is 0.744 bits per heavy atom. The van der Waals surface area contributed by atoms with Gasteiger partial charge in [-0.25, -0.2) is 9.59 Å². The maximum atomic E-state index is 13.7. The van der Waals surface area contributed by atoms with Crippen molar-refractivity contribution < 1.29 is 47.5 Å². The van der Waals surface area contributed by atoms with E-state index in [0.717, 1.165) is 27.6 Å². The van der Waals surface area contributed by atoms with Crippen molar-refractivity contribution >= 4 is 29.1 Å². The second-order valence-corrected chi connectivity index (χ2v) is 9.85. The average Bonchev–Trinajstić information content (AvgIpc) is 3.04. The van der Waals surface area contributed by atoms with Crippen molar-refractivity contribution in [3.8, 4) is 23.0 Å². The van der Waals surface area contributed by atoms with Crippen molar-refractivity contribution in [3.05, 3.63) is 95.6 Å². The normalized spacial score (nSPS) is 16.2. The van der Waals surface area contributed by atoms with Crippen LogP contribution in [0.4, 0.5) is 9.59 Å². The Morgan fingerprint density at radius 3 is 2.07 bits per heavy atom. The zero-order chi connectivity index (χ0) is 30.5. The van der Waals surface area contributed by atoms with Crippen molar-refractivity contribution in [1.29, 1.82) is 0 Å². The molecule has 1 heterocycles. The van der Waals surface area contributed by atoms with E-state index in [1.54, 1.807) is 56.5 Å². The van der Waals surface area contributed by atoms with Gasteiger partial charge in [0.05, 0.1) is 39.8 Å². The third-order valence-electron chi connectivity index (χ3n) is 7.29. The Balaban J connectivity index is 1.44. The van der Waals surface area contributed by atoms with Gasteiger partial charge >= 0.3 is 18.3 Å². The van der Waals surface area contributed by atoms with Crippen LogP contribution in [0.15, 0.2) is 78.9 Å². The summed E-state index contributed by atoms with van der Waals surface area (Å²) in [6.07, 6.45) is -2.43. The van der Waals surface area contributed by atoms with Gasteiger partial charge in [0.2, 0.25) is 0 Å². The lowest BCUT2D eigenvalue weighted by Crippen LogP contribution is -2.29. The van der Waals surface area contributed by atoms with Gasteiger partial charge in [0.15, 0.2) is 0 Å². The van der Waals surface area contributed by atoms with Gasteiger partial charge in [0.1, 0.15) is 29.1 Å². The Hall–Kier alpha value is -5.25. The highest BCUT2D eigenvalue weighted by Gasteiger charge is 2.37. The Morgan fingerprint density at radius 2 is 1.37 bits per heavy atom. The standard InChI is InChI=1S/C33H30O10/c1-19(21-5-6-23-16-25(37-2)12-9-22(23)15-21)31(34)43-30-27-14-13-26(42-33(36)39-4)17-29(27)40-18-28(30)20-7-10-24(11-8-20)41-32(35)38-3/h5-17,19,28,30H,18H2,1-4H3/t19-,28?,30?/m0/s1. The van der Waals surface area contributed by atoms with Crippen molar-refractivity contribution in [2.45, 2.75) is 24.9 Å². The summed E-state index contributed by atoms with van der Waals surface area (Å²) in [7, 11) is 4.06. The first-order chi connectivity index (χ1) is 20.8. The molecule has 43 heavy (non-hydrogen) atoms. The van der Waals surface area contributed by atoms with Crippen LogP contribution in [-0.4, -0.2) is 46.2 Å². The van der Waals surface area contributed by atoms with Gasteiger partial charge in [-0.05, 0) is 65.2 Å². The number of methoxy groups -OCH3 is 3. The second kappa shape index (κ2) is 12.7. The number of hydrogen-bond donors (Lipinski definition) is 0. The van der Waals surface area contributed by atoms with Gasteiger partial charge in [0, 0.05) is 11.6 Å². The molecule has 0 N–H and O–H groups in total. The van der Waals surface area contributed by atoms with E-state index in [4.69, 9.17) is 23.7 Å². The van der Waals surface area contributed by atoms with E-state index in [0.29, 0.717) is 17.1 Å². The monoisotopic (exact) mass is 586 g/mol. The van der Waals surface area contributed by atoms with Gasteiger partial charge in [-0.2, -0.15) is 0 Å². The zero-order valence-corrected chi connectivity index (χ0v) is 24.0. The minimum Gasteiger partial charge on any atom is -0.497 e. The third-order valence-corrected chi connectivity index (χ3v) is 7.29. The lowest BCUT2D eigenvalue weighted by atomic mass is 9.87. The summed E-state index contributed by atoms with van der Waals surface area (Å²) in [5.41, 5.74) is 2.20.